The largest absolute Gasteiger partial charge is 0.450 e. The number of nitrogens with zero attached hydrogens (tertiary/aromatic N) is 1. The minimum Gasteiger partial charge on any atom is -0.450 e. The zero-order chi connectivity index (χ0) is 12.7. The molecule has 0 unspecified atom stereocenters. The Kier molecular flexibility index (Phi) is 5.80. The van der Waals surface area contributed by atoms with E-state index < -0.39 is 0 Å². The van der Waals surface area contributed by atoms with Gasteiger partial charge in [-0.15, -0.1) is 0 Å². The Morgan fingerprint density at radius 1 is 1.53 bits per heavy atom. The zero-order valence-electron chi connectivity index (χ0n) is 9.86. The number of amides is 1. The fraction of sp³-hybridized carbons (Fsp3) is 0.417. The molecular weight excluding hydrogens is 240 g/mol. The lowest BCUT2D eigenvalue weighted by Gasteiger charge is -2.21. The van der Waals surface area contributed by atoms with Gasteiger partial charge in [-0.1, -0.05) is 23.7 Å². The van der Waals surface area contributed by atoms with Crippen molar-refractivity contribution in [3.05, 3.63) is 34.9 Å². The van der Waals surface area contributed by atoms with Crippen molar-refractivity contribution in [3.8, 4) is 0 Å². The minimum absolute atomic E-state index is 0.349. The maximum Gasteiger partial charge on any atom is 0.410 e. The average Bonchev–Trinajstić information content (AvgIpc) is 2.29. The molecule has 0 spiro atoms. The summed E-state index contributed by atoms with van der Waals surface area (Å²) in [5, 5.41) is 0.652. The Labute approximate surface area is 106 Å². The van der Waals surface area contributed by atoms with Crippen molar-refractivity contribution in [1.29, 1.82) is 0 Å². The summed E-state index contributed by atoms with van der Waals surface area (Å²) in [5.74, 6) is 0. The van der Waals surface area contributed by atoms with Gasteiger partial charge in [0.2, 0.25) is 0 Å². The maximum absolute atomic E-state index is 11.6. The van der Waals surface area contributed by atoms with E-state index in [2.05, 4.69) is 0 Å². The van der Waals surface area contributed by atoms with Crippen LogP contribution in [0.15, 0.2) is 24.3 Å². The van der Waals surface area contributed by atoms with Gasteiger partial charge in [0, 0.05) is 24.7 Å². The number of hydrogen-bond acceptors (Lipinski definition) is 3. The smallest absolute Gasteiger partial charge is 0.410 e. The van der Waals surface area contributed by atoms with Crippen molar-refractivity contribution in [2.75, 3.05) is 19.7 Å². The third-order valence-corrected chi connectivity index (χ3v) is 2.42. The summed E-state index contributed by atoms with van der Waals surface area (Å²) >= 11 is 5.89. The van der Waals surface area contributed by atoms with Gasteiger partial charge < -0.3 is 15.4 Å². The fourth-order valence-electron chi connectivity index (χ4n) is 1.46. The molecule has 1 rings (SSSR count). The quantitative estimate of drug-likeness (QED) is 0.879. The first kappa shape index (κ1) is 13.8. The fourth-order valence-corrected chi connectivity index (χ4v) is 1.67. The zero-order valence-corrected chi connectivity index (χ0v) is 10.6. The highest BCUT2D eigenvalue weighted by Crippen LogP contribution is 2.13. The van der Waals surface area contributed by atoms with Crippen molar-refractivity contribution >= 4 is 17.7 Å². The Bertz CT molecular complexity index is 371. The molecule has 2 N–H and O–H groups in total. The van der Waals surface area contributed by atoms with Crippen LogP contribution >= 0.6 is 11.6 Å². The van der Waals surface area contributed by atoms with Crippen LogP contribution in [0.5, 0.6) is 0 Å². The number of nitrogens with two attached hydrogens (primary N) is 1. The van der Waals surface area contributed by atoms with Crippen molar-refractivity contribution in [1.82, 2.24) is 4.90 Å². The highest BCUT2D eigenvalue weighted by molar-refractivity contribution is 6.30. The SMILES string of the molecule is CCOC(=O)N(CCN)Cc1cccc(Cl)c1. The Morgan fingerprint density at radius 3 is 2.88 bits per heavy atom. The van der Waals surface area contributed by atoms with Crippen molar-refractivity contribution in [3.63, 3.8) is 0 Å². The number of hydrogen-bond donors (Lipinski definition) is 1. The second-order valence-electron chi connectivity index (χ2n) is 3.54. The highest BCUT2D eigenvalue weighted by Gasteiger charge is 2.13. The van der Waals surface area contributed by atoms with Gasteiger partial charge in [-0.3, -0.25) is 0 Å². The topological polar surface area (TPSA) is 55.6 Å². The first-order chi connectivity index (χ1) is 8.17. The Balaban J connectivity index is 2.69. The van der Waals surface area contributed by atoms with Crippen LogP contribution in [0.1, 0.15) is 12.5 Å². The van der Waals surface area contributed by atoms with Crippen molar-refractivity contribution < 1.29 is 9.53 Å². The molecule has 1 aromatic carbocycles. The number of carbonyl (C=O) groups is 1. The predicted octanol–water partition coefficient (Wildman–Crippen LogP) is 2.26. The summed E-state index contributed by atoms with van der Waals surface area (Å²) in [5.41, 5.74) is 6.43. The lowest BCUT2D eigenvalue weighted by molar-refractivity contribution is 0.106. The third kappa shape index (κ3) is 4.63. The van der Waals surface area contributed by atoms with Crippen LogP contribution in [-0.2, 0) is 11.3 Å². The monoisotopic (exact) mass is 256 g/mol. The summed E-state index contributed by atoms with van der Waals surface area (Å²) in [4.78, 5) is 13.2. The molecule has 94 valence electrons. The molecule has 0 bridgehead atoms. The Morgan fingerprint density at radius 2 is 2.29 bits per heavy atom. The van der Waals surface area contributed by atoms with Gasteiger partial charge in [-0.2, -0.15) is 0 Å². The van der Waals surface area contributed by atoms with Gasteiger partial charge in [-0.25, -0.2) is 4.79 Å². The van der Waals surface area contributed by atoms with Gasteiger partial charge in [0.05, 0.1) is 6.61 Å². The van der Waals surface area contributed by atoms with Crippen LogP contribution in [0.3, 0.4) is 0 Å². The van der Waals surface area contributed by atoms with Gasteiger partial charge in [-0.05, 0) is 24.6 Å². The molecule has 4 nitrogen and oxygen atoms in total. The average molecular weight is 257 g/mol. The van der Waals surface area contributed by atoms with Crippen LogP contribution in [0, 0.1) is 0 Å². The first-order valence-corrected chi connectivity index (χ1v) is 5.91. The molecule has 0 saturated carbocycles. The van der Waals surface area contributed by atoms with E-state index in [9.17, 15) is 4.79 Å². The van der Waals surface area contributed by atoms with Gasteiger partial charge in [0.15, 0.2) is 0 Å². The van der Waals surface area contributed by atoms with Crippen LogP contribution in [-0.4, -0.2) is 30.7 Å². The molecule has 0 atom stereocenters. The molecule has 0 fully saturated rings. The van der Waals surface area contributed by atoms with Crippen molar-refractivity contribution in [2.45, 2.75) is 13.5 Å². The van der Waals surface area contributed by atoms with E-state index in [0.717, 1.165) is 5.56 Å². The molecule has 0 aliphatic rings. The summed E-state index contributed by atoms with van der Waals surface area (Å²) in [6.07, 6.45) is -0.349. The second kappa shape index (κ2) is 7.14. The highest BCUT2D eigenvalue weighted by atomic mass is 35.5. The van der Waals surface area contributed by atoms with E-state index in [1.165, 1.54) is 0 Å². The van der Waals surface area contributed by atoms with E-state index in [0.29, 0.717) is 31.3 Å². The Hall–Kier alpha value is -1.26. The number of rotatable bonds is 5. The predicted molar refractivity (Wildman–Crippen MR) is 67.9 cm³/mol. The van der Waals surface area contributed by atoms with E-state index in [1.807, 2.05) is 18.2 Å². The molecule has 5 heteroatoms. The second-order valence-corrected chi connectivity index (χ2v) is 3.98. The number of carbonyl (C=O) groups excluding carboxylic acids is 1. The van der Waals surface area contributed by atoms with Crippen LogP contribution < -0.4 is 5.73 Å². The van der Waals surface area contributed by atoms with E-state index >= 15 is 0 Å². The number of halogens is 1. The summed E-state index contributed by atoms with van der Waals surface area (Å²) in [7, 11) is 0. The minimum atomic E-state index is -0.349. The van der Waals surface area contributed by atoms with Gasteiger partial charge in [0.1, 0.15) is 0 Å². The van der Waals surface area contributed by atoms with E-state index in [4.69, 9.17) is 22.1 Å². The molecule has 1 aromatic rings. The molecule has 0 aliphatic carbocycles. The lowest BCUT2D eigenvalue weighted by Crippen LogP contribution is -2.35. The van der Waals surface area contributed by atoms with E-state index in [1.54, 1.807) is 17.9 Å². The van der Waals surface area contributed by atoms with E-state index in [-0.39, 0.29) is 6.09 Å². The molecule has 17 heavy (non-hydrogen) atoms. The normalized spacial score (nSPS) is 10.1. The third-order valence-electron chi connectivity index (χ3n) is 2.19. The summed E-state index contributed by atoms with van der Waals surface area (Å²) in [6.45, 7) is 3.45. The molecule has 0 saturated heterocycles. The van der Waals surface area contributed by atoms with Gasteiger partial charge in [0.25, 0.3) is 0 Å². The van der Waals surface area contributed by atoms with Crippen molar-refractivity contribution in [2.24, 2.45) is 5.73 Å². The molecule has 0 heterocycles. The molecule has 1 amide bonds. The van der Waals surface area contributed by atoms with Crippen LogP contribution in [0.25, 0.3) is 0 Å². The molecule has 0 radical (unpaired) electrons. The molecule has 0 aliphatic heterocycles. The maximum atomic E-state index is 11.6. The number of benzene rings is 1. The van der Waals surface area contributed by atoms with Gasteiger partial charge >= 0.3 is 6.09 Å². The standard InChI is InChI=1S/C12H17ClN2O2/c1-2-17-12(16)15(7-6-14)9-10-4-3-5-11(13)8-10/h3-5,8H,2,6-7,9,14H2,1H3. The molecule has 0 aromatic heterocycles. The van der Waals surface area contributed by atoms with Crippen LogP contribution in [0.2, 0.25) is 5.02 Å². The molecular formula is C12H17ClN2O2. The first-order valence-electron chi connectivity index (χ1n) is 5.53. The number of ether oxygens (including phenoxy) is 1. The lowest BCUT2D eigenvalue weighted by atomic mass is 10.2. The summed E-state index contributed by atoms with van der Waals surface area (Å²) < 4.78 is 4.96. The van der Waals surface area contributed by atoms with Crippen LogP contribution in [0.4, 0.5) is 4.79 Å². The summed E-state index contributed by atoms with van der Waals surface area (Å²) in [6, 6.07) is 7.38.